The number of pyridine rings is 2. The van der Waals surface area contributed by atoms with Crippen LogP contribution in [0.1, 0.15) is 79.3 Å². The molecular weight excluding hydrogens is 799 g/mol. The van der Waals surface area contributed by atoms with Gasteiger partial charge in [0.2, 0.25) is 11.8 Å². The zero-order chi connectivity index (χ0) is 44.0. The number of nitrogens with one attached hydrogen (secondary N) is 1. The molecule has 5 aliphatic rings. The van der Waals surface area contributed by atoms with Crippen LogP contribution in [-0.4, -0.2) is 122 Å². The lowest BCUT2D eigenvalue weighted by molar-refractivity contribution is -0.136. The van der Waals surface area contributed by atoms with Gasteiger partial charge in [0.15, 0.2) is 0 Å². The highest BCUT2D eigenvalue weighted by Gasteiger charge is 2.47. The minimum Gasteiger partial charge on any atom is -0.496 e. The van der Waals surface area contributed by atoms with Crippen LogP contribution in [0.5, 0.6) is 17.2 Å². The smallest absolute Gasteiger partial charge is 0.259 e. The minimum absolute atomic E-state index is 0.0831. The number of carbonyl (C=O) groups is 3. The molecule has 9 rings (SSSR count). The first-order valence-corrected chi connectivity index (χ1v) is 22.7. The van der Waals surface area contributed by atoms with Crippen molar-refractivity contribution in [2.45, 2.75) is 82.9 Å². The summed E-state index contributed by atoms with van der Waals surface area (Å²) < 4.78 is 20.0. The summed E-state index contributed by atoms with van der Waals surface area (Å²) in [5.74, 6) is 2.98. The van der Waals surface area contributed by atoms with Gasteiger partial charge in [-0.05, 0) is 143 Å². The lowest BCUT2D eigenvalue weighted by Crippen LogP contribution is -2.52. The standard InChI is InChI=1S/C49H61N7O7/c1-52(2)44-25-38-39(28-50-44)47(59)53(3)30-40(38)33-22-42(61-4)36(43(23-33)62-5)13-19-54-16-10-31(11-17-54)12-18-55-20-14-49(15-21-55)26-35(27-49)63-34-7-6-32-29-56(48(60)37(32)24-34)41-8-9-45(57)51-46(41)58/h6-7,22-25,28,30-31,35,41H,8-21,26-27,29H2,1-5H3,(H,51,57,58). The number of imide groups is 1. The van der Waals surface area contributed by atoms with Gasteiger partial charge in [0.05, 0.1) is 25.7 Å². The first-order valence-electron chi connectivity index (χ1n) is 22.7. The van der Waals surface area contributed by atoms with E-state index in [1.807, 2.05) is 49.5 Å². The number of anilines is 1. The fraction of sp³-hybridized carbons (Fsp3) is 0.531. The number of amides is 3. The number of methoxy groups -OCH3 is 2. The molecule has 3 saturated heterocycles. The SMILES string of the molecule is COc1cc(-c2cn(C)c(=O)c3cnc(N(C)C)cc23)cc(OC)c1CCN1CCC(CCN2CCC3(CC2)CC(Oc2ccc4c(c2)C(=O)N(C2CCC(=O)NC2=O)C4)C3)CC1. The molecule has 1 atom stereocenters. The number of hydrogen-bond acceptors (Lipinski definition) is 11. The molecule has 1 spiro atoms. The number of aryl methyl sites for hydroxylation is 1. The lowest BCUT2D eigenvalue weighted by atomic mass is 9.61. The number of fused-ring (bicyclic) bond motifs is 2. The number of hydrogen-bond donors (Lipinski definition) is 1. The Kier molecular flexibility index (Phi) is 12.0. The summed E-state index contributed by atoms with van der Waals surface area (Å²) in [5.41, 5.74) is 4.67. The molecule has 2 aromatic heterocycles. The van der Waals surface area contributed by atoms with Gasteiger partial charge in [0.25, 0.3) is 11.5 Å². The highest BCUT2D eigenvalue weighted by molar-refractivity contribution is 6.05. The topological polar surface area (TPSA) is 139 Å². The third-order valence-electron chi connectivity index (χ3n) is 14.7. The Labute approximate surface area is 369 Å². The molecule has 0 radical (unpaired) electrons. The van der Waals surface area contributed by atoms with Crippen LogP contribution in [-0.2, 0) is 29.6 Å². The van der Waals surface area contributed by atoms with E-state index in [0.717, 1.165) is 115 Å². The molecule has 0 bridgehead atoms. The fourth-order valence-electron chi connectivity index (χ4n) is 10.8. The molecule has 334 valence electrons. The Balaban J connectivity index is 0.719. The monoisotopic (exact) mass is 859 g/mol. The second-order valence-electron chi connectivity index (χ2n) is 18.8. The van der Waals surface area contributed by atoms with Crippen LogP contribution in [0.25, 0.3) is 21.9 Å². The summed E-state index contributed by atoms with van der Waals surface area (Å²) in [6, 6.07) is 11.2. The molecule has 4 fully saturated rings. The molecule has 14 heteroatoms. The van der Waals surface area contributed by atoms with Gasteiger partial charge < -0.3 is 38.4 Å². The van der Waals surface area contributed by atoms with Gasteiger partial charge in [0, 0.05) is 75.1 Å². The van der Waals surface area contributed by atoms with Gasteiger partial charge in [-0.25, -0.2) is 4.98 Å². The Hall–Kier alpha value is -5.47. The Bertz CT molecular complexity index is 2440. The van der Waals surface area contributed by atoms with Crippen LogP contribution in [0.2, 0.25) is 0 Å². The van der Waals surface area contributed by atoms with Crippen molar-refractivity contribution in [3.8, 4) is 28.4 Å². The first-order chi connectivity index (χ1) is 30.4. The molecule has 14 nitrogen and oxygen atoms in total. The fourth-order valence-corrected chi connectivity index (χ4v) is 10.8. The van der Waals surface area contributed by atoms with Crippen LogP contribution < -0.4 is 30.0 Å². The molecule has 1 unspecified atom stereocenters. The molecule has 2 aromatic carbocycles. The maximum absolute atomic E-state index is 13.3. The van der Waals surface area contributed by atoms with E-state index in [1.165, 1.54) is 32.1 Å². The van der Waals surface area contributed by atoms with Gasteiger partial charge >= 0.3 is 0 Å². The second-order valence-corrected chi connectivity index (χ2v) is 18.8. The average molecular weight is 860 g/mol. The van der Waals surface area contributed by atoms with Crippen molar-refractivity contribution in [1.29, 1.82) is 0 Å². The van der Waals surface area contributed by atoms with Crippen LogP contribution >= 0.6 is 0 Å². The van der Waals surface area contributed by atoms with E-state index in [9.17, 15) is 19.2 Å². The van der Waals surface area contributed by atoms with Crippen molar-refractivity contribution >= 4 is 34.3 Å². The van der Waals surface area contributed by atoms with Crippen molar-refractivity contribution < 1.29 is 28.6 Å². The second kappa shape index (κ2) is 17.6. The minimum atomic E-state index is -0.610. The predicted molar refractivity (Wildman–Crippen MR) is 242 cm³/mol. The average Bonchev–Trinajstić information content (AvgIpc) is 3.60. The van der Waals surface area contributed by atoms with Gasteiger partial charge in [-0.15, -0.1) is 0 Å². The molecule has 1 aliphatic carbocycles. The largest absolute Gasteiger partial charge is 0.496 e. The van der Waals surface area contributed by atoms with Gasteiger partial charge in [-0.1, -0.05) is 6.07 Å². The molecule has 4 aliphatic heterocycles. The predicted octanol–water partition coefficient (Wildman–Crippen LogP) is 5.41. The van der Waals surface area contributed by atoms with Crippen LogP contribution in [0.3, 0.4) is 0 Å². The highest BCUT2D eigenvalue weighted by Crippen LogP contribution is 2.50. The summed E-state index contributed by atoms with van der Waals surface area (Å²) in [7, 11) is 9.08. The Morgan fingerprint density at radius 3 is 2.25 bits per heavy atom. The maximum Gasteiger partial charge on any atom is 0.259 e. The number of aromatic nitrogens is 2. The number of carbonyl (C=O) groups excluding carboxylic acids is 3. The first kappa shape index (κ1) is 42.8. The van der Waals surface area contributed by atoms with Crippen molar-refractivity contribution in [2.75, 3.05) is 72.5 Å². The number of ether oxygens (including phenoxy) is 3. The summed E-state index contributed by atoms with van der Waals surface area (Å²) in [6.07, 6.45) is 13.3. The summed E-state index contributed by atoms with van der Waals surface area (Å²) in [4.78, 5) is 63.7. The van der Waals surface area contributed by atoms with E-state index in [-0.39, 0.29) is 35.8 Å². The van der Waals surface area contributed by atoms with Gasteiger partial charge in [-0.2, -0.15) is 0 Å². The van der Waals surface area contributed by atoms with E-state index < -0.39 is 6.04 Å². The molecule has 3 amide bonds. The van der Waals surface area contributed by atoms with E-state index in [1.54, 1.807) is 36.9 Å². The molecule has 1 saturated carbocycles. The quantitative estimate of drug-likeness (QED) is 0.173. The molecular formula is C49H61N7O7. The van der Waals surface area contributed by atoms with E-state index in [2.05, 4.69) is 32.2 Å². The number of likely N-dealkylation sites (tertiary alicyclic amines) is 2. The third-order valence-corrected chi connectivity index (χ3v) is 14.7. The van der Waals surface area contributed by atoms with Crippen molar-refractivity contribution in [3.05, 3.63) is 75.8 Å². The Morgan fingerprint density at radius 1 is 0.857 bits per heavy atom. The lowest BCUT2D eigenvalue weighted by Gasteiger charge is -2.52. The number of nitrogens with zero attached hydrogens (tertiary/aromatic N) is 6. The molecule has 4 aromatic rings. The zero-order valence-corrected chi connectivity index (χ0v) is 37.4. The normalized spacial score (nSPS) is 20.8. The van der Waals surface area contributed by atoms with Gasteiger partial charge in [-0.3, -0.25) is 24.5 Å². The zero-order valence-electron chi connectivity index (χ0n) is 37.4. The van der Waals surface area contributed by atoms with Crippen LogP contribution in [0, 0.1) is 11.3 Å². The summed E-state index contributed by atoms with van der Waals surface area (Å²) in [6.45, 7) is 6.96. The number of piperidine rings is 3. The van der Waals surface area contributed by atoms with Crippen molar-refractivity contribution in [3.63, 3.8) is 0 Å². The number of benzene rings is 2. The molecule has 6 heterocycles. The highest BCUT2D eigenvalue weighted by atomic mass is 16.5. The van der Waals surface area contributed by atoms with E-state index >= 15 is 0 Å². The molecule has 1 N–H and O–H groups in total. The summed E-state index contributed by atoms with van der Waals surface area (Å²) >= 11 is 0. The van der Waals surface area contributed by atoms with Crippen LogP contribution in [0.4, 0.5) is 5.82 Å². The van der Waals surface area contributed by atoms with Crippen LogP contribution in [0.15, 0.2) is 53.6 Å². The molecule has 63 heavy (non-hydrogen) atoms. The Morgan fingerprint density at radius 2 is 1.57 bits per heavy atom. The van der Waals surface area contributed by atoms with Gasteiger partial charge in [0.1, 0.15) is 29.1 Å². The van der Waals surface area contributed by atoms with E-state index in [4.69, 9.17) is 14.2 Å². The van der Waals surface area contributed by atoms with E-state index in [0.29, 0.717) is 29.3 Å². The maximum atomic E-state index is 13.3. The van der Waals surface area contributed by atoms with Crippen molar-refractivity contribution in [2.24, 2.45) is 18.4 Å². The summed E-state index contributed by atoms with van der Waals surface area (Å²) in [5, 5.41) is 3.79. The number of rotatable bonds is 13. The third kappa shape index (κ3) is 8.63. The van der Waals surface area contributed by atoms with Crippen molar-refractivity contribution in [1.82, 2.24) is 29.6 Å².